The molecule has 0 aliphatic rings. The molecule has 1 heterocycles. The summed E-state index contributed by atoms with van der Waals surface area (Å²) >= 11 is 5.99. The van der Waals surface area contributed by atoms with Crippen molar-refractivity contribution in [3.63, 3.8) is 0 Å². The normalized spacial score (nSPS) is 12.2. The molecule has 148 valence electrons. The van der Waals surface area contributed by atoms with Crippen LogP contribution < -0.4 is 10.4 Å². The van der Waals surface area contributed by atoms with E-state index in [1.165, 1.54) is 0 Å². The highest BCUT2D eigenvalue weighted by Crippen LogP contribution is 2.17. The summed E-state index contributed by atoms with van der Waals surface area (Å²) in [5, 5.41) is 19.9. The van der Waals surface area contributed by atoms with Crippen molar-refractivity contribution in [2.45, 2.75) is 19.2 Å². The highest BCUT2D eigenvalue weighted by atomic mass is 35.5. The Kier molecular flexibility index (Phi) is 5.69. The Morgan fingerprint density at radius 1 is 0.862 bits per heavy atom. The van der Waals surface area contributed by atoms with Gasteiger partial charge in [-0.25, -0.2) is 0 Å². The van der Waals surface area contributed by atoms with Gasteiger partial charge in [0.25, 0.3) is 0 Å². The number of halogens is 1. The van der Waals surface area contributed by atoms with Crippen LogP contribution in [0.15, 0.2) is 78.9 Å². The van der Waals surface area contributed by atoms with Crippen LogP contribution >= 0.6 is 11.6 Å². The largest absolute Gasteiger partial charge is 0.491 e. The maximum absolute atomic E-state index is 10.5. The molecule has 4 rings (SSSR count). The molecule has 3 aromatic carbocycles. The molecule has 1 atom stereocenters. The molecule has 0 spiro atoms. The lowest BCUT2D eigenvalue weighted by molar-refractivity contribution is 0.0921. The molecule has 2 N–H and O–H groups in total. The van der Waals surface area contributed by atoms with Gasteiger partial charge in [-0.1, -0.05) is 54.1 Å². The molecule has 0 aliphatic carbocycles. The summed E-state index contributed by atoms with van der Waals surface area (Å²) in [5.74, 6) is 0.716. The second-order valence-electron chi connectivity index (χ2n) is 6.91. The smallest absolute Gasteiger partial charge is 0.203 e. The monoisotopic (exact) mass is 407 g/mol. The van der Waals surface area contributed by atoms with E-state index >= 15 is 0 Å². The van der Waals surface area contributed by atoms with Crippen LogP contribution in [0.3, 0.4) is 0 Å². The van der Waals surface area contributed by atoms with Crippen molar-refractivity contribution in [1.29, 1.82) is 5.41 Å². The molecule has 0 bridgehead atoms. The average molecular weight is 408 g/mol. The summed E-state index contributed by atoms with van der Waals surface area (Å²) in [5.41, 5.74) is 3.25. The molecule has 0 fully saturated rings. The van der Waals surface area contributed by atoms with E-state index in [1.807, 2.05) is 88.0 Å². The summed E-state index contributed by atoms with van der Waals surface area (Å²) in [7, 11) is 0. The number of fused-ring (bicyclic) bond motifs is 1. The lowest BCUT2D eigenvalue weighted by Crippen LogP contribution is -2.31. The summed E-state index contributed by atoms with van der Waals surface area (Å²) in [6, 6.07) is 24.9. The lowest BCUT2D eigenvalue weighted by atomic mass is 10.2. The second kappa shape index (κ2) is 8.55. The fourth-order valence-corrected chi connectivity index (χ4v) is 3.51. The molecule has 0 amide bonds. The molecule has 0 saturated heterocycles. The maximum atomic E-state index is 10.5. The van der Waals surface area contributed by atoms with E-state index in [0.29, 0.717) is 22.9 Å². The van der Waals surface area contributed by atoms with Crippen LogP contribution in [0.2, 0.25) is 5.02 Å². The summed E-state index contributed by atoms with van der Waals surface area (Å²) in [4.78, 5) is 0. The van der Waals surface area contributed by atoms with Crippen molar-refractivity contribution in [2.24, 2.45) is 0 Å². The van der Waals surface area contributed by atoms with Crippen molar-refractivity contribution < 1.29 is 9.84 Å². The third kappa shape index (κ3) is 4.36. The van der Waals surface area contributed by atoms with E-state index in [9.17, 15) is 5.11 Å². The van der Waals surface area contributed by atoms with Gasteiger partial charge in [0.05, 0.1) is 24.1 Å². The second-order valence-corrected chi connectivity index (χ2v) is 7.35. The average Bonchev–Trinajstić information content (AvgIpc) is 3.00. The number of nitrogens with zero attached hydrogens (tertiary/aromatic N) is 2. The molecule has 1 aromatic heterocycles. The van der Waals surface area contributed by atoms with Gasteiger partial charge in [0.15, 0.2) is 0 Å². The van der Waals surface area contributed by atoms with Crippen molar-refractivity contribution in [3.8, 4) is 5.75 Å². The highest BCUT2D eigenvalue weighted by molar-refractivity contribution is 6.30. The predicted molar refractivity (Wildman–Crippen MR) is 114 cm³/mol. The number of imidazole rings is 1. The van der Waals surface area contributed by atoms with Crippen LogP contribution in [0.5, 0.6) is 5.75 Å². The topological polar surface area (TPSA) is 63.2 Å². The minimum absolute atomic E-state index is 0.160. The zero-order chi connectivity index (χ0) is 20.2. The van der Waals surface area contributed by atoms with Crippen LogP contribution in [0.1, 0.15) is 5.56 Å². The summed E-state index contributed by atoms with van der Waals surface area (Å²) in [6.07, 6.45) is -0.737. The van der Waals surface area contributed by atoms with Gasteiger partial charge < -0.3 is 19.0 Å². The van der Waals surface area contributed by atoms with Crippen LogP contribution in [0, 0.1) is 5.41 Å². The van der Waals surface area contributed by atoms with Gasteiger partial charge in [-0.2, -0.15) is 0 Å². The first-order chi connectivity index (χ1) is 14.1. The SMILES string of the molecule is N=c1n(Cc2ccc(Cl)cc2)c2ccccc2n1C[C@H](O)COc1ccccc1. The fourth-order valence-electron chi connectivity index (χ4n) is 3.38. The Balaban J connectivity index is 1.58. The number of aliphatic hydroxyl groups is 1. The standard InChI is InChI=1S/C23H22ClN3O2/c24-18-12-10-17(11-13-18)14-26-21-8-4-5-9-22(21)27(23(26)25)15-19(28)16-29-20-6-2-1-3-7-20/h1-13,19,25,28H,14-16H2/t19-/m0/s1. The molecule has 0 aliphatic heterocycles. The zero-order valence-corrected chi connectivity index (χ0v) is 16.6. The Labute approximate surface area is 173 Å². The minimum atomic E-state index is -0.737. The van der Waals surface area contributed by atoms with E-state index in [2.05, 4.69) is 0 Å². The number of aromatic nitrogens is 2. The molecular weight excluding hydrogens is 386 g/mol. The number of hydrogen-bond donors (Lipinski definition) is 2. The molecular formula is C23H22ClN3O2. The Morgan fingerprint density at radius 3 is 2.17 bits per heavy atom. The number of rotatable bonds is 7. The third-order valence-corrected chi connectivity index (χ3v) is 5.06. The number of para-hydroxylation sites is 3. The molecule has 29 heavy (non-hydrogen) atoms. The van der Waals surface area contributed by atoms with Gasteiger partial charge in [0.1, 0.15) is 18.5 Å². The van der Waals surface area contributed by atoms with Crippen LogP contribution in [0.25, 0.3) is 11.0 Å². The molecule has 4 aromatic rings. The number of hydrogen-bond acceptors (Lipinski definition) is 3. The van der Waals surface area contributed by atoms with E-state index in [4.69, 9.17) is 21.7 Å². The quantitative estimate of drug-likeness (QED) is 0.485. The van der Waals surface area contributed by atoms with Crippen LogP contribution in [-0.2, 0) is 13.1 Å². The fraction of sp³-hybridized carbons (Fsp3) is 0.174. The Hall–Kier alpha value is -3.02. The van der Waals surface area contributed by atoms with Gasteiger partial charge >= 0.3 is 0 Å². The molecule has 5 nitrogen and oxygen atoms in total. The van der Waals surface area contributed by atoms with Crippen molar-refractivity contribution in [1.82, 2.24) is 9.13 Å². The van der Waals surface area contributed by atoms with E-state index < -0.39 is 6.10 Å². The molecule has 6 heteroatoms. The van der Waals surface area contributed by atoms with Crippen molar-refractivity contribution >= 4 is 22.6 Å². The van der Waals surface area contributed by atoms with E-state index in [-0.39, 0.29) is 13.2 Å². The number of benzene rings is 3. The van der Waals surface area contributed by atoms with Crippen molar-refractivity contribution in [2.75, 3.05) is 6.61 Å². The number of nitrogens with one attached hydrogen (secondary N) is 1. The summed E-state index contributed by atoms with van der Waals surface area (Å²) < 4.78 is 9.42. The minimum Gasteiger partial charge on any atom is -0.491 e. The first kappa shape index (κ1) is 19.3. The Bertz CT molecular complexity index is 1150. The van der Waals surface area contributed by atoms with E-state index in [0.717, 1.165) is 16.6 Å². The molecule has 0 unspecified atom stereocenters. The zero-order valence-electron chi connectivity index (χ0n) is 15.8. The number of aliphatic hydroxyl groups excluding tert-OH is 1. The first-order valence-corrected chi connectivity index (χ1v) is 9.82. The Morgan fingerprint density at radius 2 is 1.48 bits per heavy atom. The number of ether oxygens (including phenoxy) is 1. The van der Waals surface area contributed by atoms with Gasteiger partial charge in [0, 0.05) is 5.02 Å². The van der Waals surface area contributed by atoms with Gasteiger partial charge in [0.2, 0.25) is 5.62 Å². The van der Waals surface area contributed by atoms with Crippen LogP contribution in [0.4, 0.5) is 0 Å². The van der Waals surface area contributed by atoms with Gasteiger partial charge in [-0.3, -0.25) is 5.41 Å². The maximum Gasteiger partial charge on any atom is 0.203 e. The third-order valence-electron chi connectivity index (χ3n) is 4.81. The van der Waals surface area contributed by atoms with E-state index in [1.54, 1.807) is 0 Å². The highest BCUT2D eigenvalue weighted by Gasteiger charge is 2.15. The van der Waals surface area contributed by atoms with Crippen molar-refractivity contribution in [3.05, 3.63) is 95.1 Å². The summed E-state index contributed by atoms with van der Waals surface area (Å²) in [6.45, 7) is 0.993. The van der Waals surface area contributed by atoms with Gasteiger partial charge in [-0.15, -0.1) is 0 Å². The first-order valence-electron chi connectivity index (χ1n) is 9.45. The van der Waals surface area contributed by atoms with Gasteiger partial charge in [-0.05, 0) is 42.0 Å². The lowest BCUT2D eigenvalue weighted by Gasteiger charge is -2.13. The predicted octanol–water partition coefficient (Wildman–Crippen LogP) is 4.06. The van der Waals surface area contributed by atoms with Crippen LogP contribution in [-0.4, -0.2) is 27.0 Å². The molecule has 0 radical (unpaired) electrons. The molecule has 0 saturated carbocycles.